The third kappa shape index (κ3) is 6.40. The summed E-state index contributed by atoms with van der Waals surface area (Å²) in [6.07, 6.45) is 0. The third-order valence-corrected chi connectivity index (χ3v) is 5.13. The Bertz CT molecular complexity index is 1360. The van der Waals surface area contributed by atoms with Gasteiger partial charge in [0.05, 0.1) is 25.7 Å². The van der Waals surface area contributed by atoms with E-state index in [9.17, 15) is 17.3 Å². The molecule has 9 heteroatoms. The van der Waals surface area contributed by atoms with Crippen molar-refractivity contribution in [3.63, 3.8) is 0 Å². The molecule has 1 N–H and O–H groups in total. The molecule has 4 rings (SSSR count). The van der Waals surface area contributed by atoms with Gasteiger partial charge in [-0.15, -0.1) is 0 Å². The zero-order valence-corrected chi connectivity index (χ0v) is 19.2. The fraction of sp³-hybridized carbons (Fsp3) is 0.160. The van der Waals surface area contributed by atoms with Crippen LogP contribution in [0.25, 0.3) is 22.3 Å². The van der Waals surface area contributed by atoms with Gasteiger partial charge in [0, 0.05) is 17.7 Å². The summed E-state index contributed by atoms with van der Waals surface area (Å²) in [5.41, 5.74) is 5.29. The Kier molecular flexibility index (Phi) is 7.66. The fourth-order valence-electron chi connectivity index (χ4n) is 3.34. The number of hydrogen-bond acceptors (Lipinski definition) is 3. The fourth-order valence-corrected chi connectivity index (χ4v) is 3.34. The summed E-state index contributed by atoms with van der Waals surface area (Å²) in [4.78, 5) is 3.56. The van der Waals surface area contributed by atoms with Gasteiger partial charge >= 0.3 is 7.25 Å². The quantitative estimate of drug-likeness (QED) is 0.321. The molecule has 0 atom stereocenters. The molecule has 0 saturated carbocycles. The van der Waals surface area contributed by atoms with Crippen LogP contribution in [0.2, 0.25) is 0 Å². The zero-order chi connectivity index (χ0) is 24.9. The van der Waals surface area contributed by atoms with Crippen LogP contribution in [-0.2, 0) is 0 Å². The number of para-hydroxylation sites is 1. The smallest absolute Gasteiger partial charge is 0.493 e. The van der Waals surface area contributed by atoms with E-state index in [0.717, 1.165) is 33.3 Å². The van der Waals surface area contributed by atoms with Crippen LogP contribution in [0, 0.1) is 13.8 Å². The molecule has 1 aromatic heterocycles. The molecule has 34 heavy (non-hydrogen) atoms. The molecule has 178 valence electrons. The molecule has 4 nitrogen and oxygen atoms in total. The molecule has 4 aromatic rings. The minimum absolute atomic E-state index is 0.664. The lowest BCUT2D eigenvalue weighted by Crippen LogP contribution is -2.70. The lowest BCUT2D eigenvalue weighted by Gasteiger charge is -2.09. The van der Waals surface area contributed by atoms with Gasteiger partial charge in [-0.1, -0.05) is 18.2 Å². The van der Waals surface area contributed by atoms with Crippen molar-refractivity contribution in [3.8, 4) is 22.8 Å². The number of nitrogens with one attached hydrogen (secondary N) is 1. The first kappa shape index (κ1) is 24.9. The third-order valence-electron chi connectivity index (χ3n) is 5.13. The van der Waals surface area contributed by atoms with Crippen LogP contribution in [0.1, 0.15) is 11.1 Å². The Hall–Kier alpha value is -3.75. The normalized spacial score (nSPS) is 11.7. The van der Waals surface area contributed by atoms with Crippen LogP contribution in [0.15, 0.2) is 71.1 Å². The van der Waals surface area contributed by atoms with Crippen molar-refractivity contribution in [1.29, 1.82) is 0 Å². The molecule has 0 aliphatic heterocycles. The van der Waals surface area contributed by atoms with E-state index in [2.05, 4.69) is 43.1 Å². The van der Waals surface area contributed by atoms with Crippen molar-refractivity contribution in [1.82, 2.24) is 0 Å². The molecule has 0 fully saturated rings. The van der Waals surface area contributed by atoms with E-state index in [0.29, 0.717) is 11.5 Å². The maximum Gasteiger partial charge on any atom is 0.673 e. The topological polar surface area (TPSA) is 45.6 Å². The van der Waals surface area contributed by atoms with E-state index < -0.39 is 7.25 Å². The molecule has 0 bridgehead atoms. The van der Waals surface area contributed by atoms with Gasteiger partial charge in [0.1, 0.15) is 11.3 Å². The van der Waals surface area contributed by atoms with E-state index in [-0.39, 0.29) is 0 Å². The summed E-state index contributed by atoms with van der Waals surface area (Å²) in [5, 5.41) is 2.01. The predicted molar refractivity (Wildman–Crippen MR) is 125 cm³/mol. The second-order valence-electron chi connectivity index (χ2n) is 7.51. The Morgan fingerprint density at radius 1 is 0.765 bits per heavy atom. The molecule has 0 saturated heterocycles. The number of rotatable bonds is 4. The molecule has 0 spiro atoms. The zero-order valence-electron chi connectivity index (χ0n) is 19.2. The molecule has 0 unspecified atom stereocenters. The van der Waals surface area contributed by atoms with Crippen LogP contribution in [0.5, 0.6) is 11.5 Å². The Morgan fingerprint density at radius 3 is 2.09 bits per heavy atom. The first-order valence-corrected chi connectivity index (χ1v) is 10.4. The van der Waals surface area contributed by atoms with Gasteiger partial charge < -0.3 is 31.2 Å². The number of halogens is 4. The molecular weight excluding hydrogens is 449 g/mol. The molecule has 0 aliphatic carbocycles. The highest BCUT2D eigenvalue weighted by atomic mass is 19.5. The van der Waals surface area contributed by atoms with Gasteiger partial charge in [0.25, 0.3) is 0 Å². The second-order valence-corrected chi connectivity index (χ2v) is 7.51. The number of benzene rings is 3. The van der Waals surface area contributed by atoms with E-state index in [4.69, 9.17) is 13.9 Å². The average molecular weight is 473 g/mol. The van der Waals surface area contributed by atoms with Crippen molar-refractivity contribution in [2.75, 3.05) is 14.2 Å². The van der Waals surface area contributed by atoms with Gasteiger partial charge in [-0.05, 0) is 55.3 Å². The number of methoxy groups -OCH3 is 2. The Labute approximate surface area is 194 Å². The van der Waals surface area contributed by atoms with Crippen LogP contribution in [0.4, 0.5) is 23.0 Å². The second kappa shape index (κ2) is 10.5. The van der Waals surface area contributed by atoms with Gasteiger partial charge in [0.2, 0.25) is 11.0 Å². The summed E-state index contributed by atoms with van der Waals surface area (Å²) in [5.74, 6) is 2.10. The SMILES string of the molecule is COc1ccc(-c2cc(=[NH+]c3ccc(C)c(C)c3)c3ccccc3o2)cc1OC.F[B-](F)(F)F. The van der Waals surface area contributed by atoms with Crippen LogP contribution >= 0.6 is 0 Å². The van der Waals surface area contributed by atoms with E-state index in [1.807, 2.05) is 42.5 Å². The lowest BCUT2D eigenvalue weighted by atomic mass is 10.1. The highest BCUT2D eigenvalue weighted by Gasteiger charge is 2.20. The minimum Gasteiger partial charge on any atom is -0.493 e. The van der Waals surface area contributed by atoms with Crippen molar-refractivity contribution in [2.24, 2.45) is 0 Å². The average Bonchev–Trinajstić information content (AvgIpc) is 2.80. The van der Waals surface area contributed by atoms with E-state index in [1.165, 1.54) is 11.1 Å². The lowest BCUT2D eigenvalue weighted by molar-refractivity contribution is -0.400. The number of ether oxygens (including phenoxy) is 2. The standard InChI is InChI=1S/C25H23NO3.BF4/c1-16-9-11-19(13-17(16)2)26-21-15-24(29-22-8-6-5-7-20(21)22)18-10-12-23(27-3)25(14-18)28-4;2-1(3,4)5/h5-15H,1-4H3;/q;-1/p+1. The van der Waals surface area contributed by atoms with Crippen LogP contribution in [-0.4, -0.2) is 21.5 Å². The molecule has 1 heterocycles. The summed E-state index contributed by atoms with van der Waals surface area (Å²) >= 11 is 0. The summed E-state index contributed by atoms with van der Waals surface area (Å²) in [6.45, 7) is 4.24. The number of hydrogen-bond donors (Lipinski definition) is 1. The molecule has 0 radical (unpaired) electrons. The van der Waals surface area contributed by atoms with E-state index >= 15 is 0 Å². The van der Waals surface area contributed by atoms with Crippen molar-refractivity contribution in [2.45, 2.75) is 13.8 Å². The predicted octanol–water partition coefficient (Wildman–Crippen LogP) is 5.35. The van der Waals surface area contributed by atoms with Gasteiger partial charge in [0.15, 0.2) is 11.5 Å². The Morgan fingerprint density at radius 2 is 1.44 bits per heavy atom. The number of aryl methyl sites for hydroxylation is 2. The molecule has 3 aromatic carbocycles. The first-order chi connectivity index (χ1) is 16.1. The maximum atomic E-state index is 9.75. The highest BCUT2D eigenvalue weighted by Crippen LogP contribution is 2.32. The minimum atomic E-state index is -6.00. The monoisotopic (exact) mass is 473 g/mol. The van der Waals surface area contributed by atoms with Crippen LogP contribution < -0.4 is 19.8 Å². The van der Waals surface area contributed by atoms with Crippen molar-refractivity contribution < 1.29 is 36.1 Å². The summed E-state index contributed by atoms with van der Waals surface area (Å²) in [6, 6.07) is 22.2. The number of fused-ring (bicyclic) bond motifs is 1. The van der Waals surface area contributed by atoms with Gasteiger partial charge in [-0.25, -0.2) is 4.99 Å². The molecule has 0 aliphatic rings. The van der Waals surface area contributed by atoms with Crippen molar-refractivity contribution in [3.05, 3.63) is 83.2 Å². The maximum absolute atomic E-state index is 9.75. The Balaban J connectivity index is 0.000000588. The van der Waals surface area contributed by atoms with Gasteiger partial charge in [-0.3, -0.25) is 0 Å². The molecular formula is C25H24BF4NO3. The first-order valence-electron chi connectivity index (χ1n) is 10.4. The molecule has 0 amide bonds. The summed E-state index contributed by atoms with van der Waals surface area (Å²) in [7, 11) is -2.74. The highest BCUT2D eigenvalue weighted by molar-refractivity contribution is 6.50. The largest absolute Gasteiger partial charge is 0.673 e. The van der Waals surface area contributed by atoms with Gasteiger partial charge in [-0.2, -0.15) is 0 Å². The van der Waals surface area contributed by atoms with E-state index in [1.54, 1.807) is 14.2 Å². The summed E-state index contributed by atoms with van der Waals surface area (Å²) < 4.78 is 56.0. The van der Waals surface area contributed by atoms with Crippen LogP contribution in [0.3, 0.4) is 0 Å². The van der Waals surface area contributed by atoms with Crippen molar-refractivity contribution >= 4 is 23.9 Å².